The van der Waals surface area contributed by atoms with Crippen molar-refractivity contribution >= 4 is 11.4 Å². The number of nitrogens with one attached hydrogen (secondary N) is 1. The summed E-state index contributed by atoms with van der Waals surface area (Å²) in [6.07, 6.45) is 0.938. The van der Waals surface area contributed by atoms with Gasteiger partial charge in [0.1, 0.15) is 5.69 Å². The number of hydrogen-bond acceptors (Lipinski definition) is 4. The van der Waals surface area contributed by atoms with Gasteiger partial charge < -0.3 is 5.32 Å². The summed E-state index contributed by atoms with van der Waals surface area (Å²) in [5.74, 6) is 0. The highest BCUT2D eigenvalue weighted by Gasteiger charge is 2.19. The second-order valence-electron chi connectivity index (χ2n) is 5.15. The second kappa shape index (κ2) is 7.85. The van der Waals surface area contributed by atoms with Crippen LogP contribution in [0.25, 0.3) is 0 Å². The van der Waals surface area contributed by atoms with Crippen LogP contribution >= 0.6 is 0 Å². The summed E-state index contributed by atoms with van der Waals surface area (Å²) in [4.78, 5) is 13.2. The summed E-state index contributed by atoms with van der Waals surface area (Å²) in [6, 6.07) is 5.71. The SMILES string of the molecule is CCCNc1c(CN(CC)C(C)C)cccc1[N+](=O)[O-]. The van der Waals surface area contributed by atoms with Crippen LogP contribution in [-0.4, -0.2) is 29.0 Å². The maximum atomic E-state index is 11.2. The molecule has 1 rings (SSSR count). The number of anilines is 1. The first-order chi connectivity index (χ1) is 9.51. The van der Waals surface area contributed by atoms with Gasteiger partial charge in [-0.3, -0.25) is 15.0 Å². The molecule has 0 amide bonds. The van der Waals surface area contributed by atoms with Gasteiger partial charge in [-0.1, -0.05) is 26.0 Å². The van der Waals surface area contributed by atoms with Crippen LogP contribution in [0.1, 0.15) is 39.7 Å². The predicted molar refractivity (Wildman–Crippen MR) is 83.1 cm³/mol. The van der Waals surface area contributed by atoms with Gasteiger partial charge in [0.15, 0.2) is 0 Å². The Morgan fingerprint density at radius 2 is 2.05 bits per heavy atom. The lowest BCUT2D eigenvalue weighted by Crippen LogP contribution is -2.30. The largest absolute Gasteiger partial charge is 0.379 e. The average molecular weight is 279 g/mol. The van der Waals surface area contributed by atoms with E-state index < -0.39 is 0 Å². The van der Waals surface area contributed by atoms with E-state index in [1.807, 2.05) is 13.0 Å². The molecule has 0 spiro atoms. The van der Waals surface area contributed by atoms with E-state index in [-0.39, 0.29) is 10.6 Å². The average Bonchev–Trinajstić information content (AvgIpc) is 2.42. The summed E-state index contributed by atoms with van der Waals surface area (Å²) in [5, 5.41) is 14.4. The molecule has 0 radical (unpaired) electrons. The molecule has 0 fully saturated rings. The smallest absolute Gasteiger partial charge is 0.292 e. The van der Waals surface area contributed by atoms with Crippen molar-refractivity contribution in [3.63, 3.8) is 0 Å². The Bertz CT molecular complexity index is 447. The highest BCUT2D eigenvalue weighted by atomic mass is 16.6. The summed E-state index contributed by atoms with van der Waals surface area (Å²) >= 11 is 0. The van der Waals surface area contributed by atoms with E-state index in [1.54, 1.807) is 12.1 Å². The number of nitrogens with zero attached hydrogens (tertiary/aromatic N) is 2. The minimum Gasteiger partial charge on any atom is -0.379 e. The van der Waals surface area contributed by atoms with Gasteiger partial charge in [0.2, 0.25) is 0 Å². The zero-order valence-corrected chi connectivity index (χ0v) is 12.8. The molecule has 0 aliphatic carbocycles. The van der Waals surface area contributed by atoms with Crippen molar-refractivity contribution in [1.29, 1.82) is 0 Å². The minimum absolute atomic E-state index is 0.163. The molecule has 0 aliphatic rings. The summed E-state index contributed by atoms with van der Waals surface area (Å²) in [5.41, 5.74) is 1.82. The highest BCUT2D eigenvalue weighted by Crippen LogP contribution is 2.29. The molecular formula is C15H25N3O2. The number of hydrogen-bond donors (Lipinski definition) is 1. The fourth-order valence-corrected chi connectivity index (χ4v) is 2.20. The molecule has 1 aromatic rings. The molecule has 5 heteroatoms. The zero-order chi connectivity index (χ0) is 15.1. The van der Waals surface area contributed by atoms with E-state index in [9.17, 15) is 10.1 Å². The quantitative estimate of drug-likeness (QED) is 0.583. The number of rotatable bonds is 8. The van der Waals surface area contributed by atoms with Crippen molar-refractivity contribution in [2.24, 2.45) is 0 Å². The Kier molecular flexibility index (Phi) is 6.45. The third-order valence-electron chi connectivity index (χ3n) is 3.39. The molecule has 0 heterocycles. The number of nitro benzene ring substituents is 1. The molecule has 1 N–H and O–H groups in total. The fraction of sp³-hybridized carbons (Fsp3) is 0.600. The lowest BCUT2D eigenvalue weighted by Gasteiger charge is -2.26. The normalized spacial score (nSPS) is 11.1. The van der Waals surface area contributed by atoms with Crippen LogP contribution in [0.2, 0.25) is 0 Å². The maximum Gasteiger partial charge on any atom is 0.292 e. The van der Waals surface area contributed by atoms with E-state index >= 15 is 0 Å². The summed E-state index contributed by atoms with van der Waals surface area (Å²) in [6.45, 7) is 10.8. The van der Waals surface area contributed by atoms with Gasteiger partial charge in [-0.05, 0) is 32.4 Å². The Hall–Kier alpha value is -1.62. The van der Waals surface area contributed by atoms with E-state index in [0.29, 0.717) is 11.7 Å². The van der Waals surface area contributed by atoms with Crippen molar-refractivity contribution in [2.45, 2.75) is 46.7 Å². The monoisotopic (exact) mass is 279 g/mol. The molecule has 1 aromatic carbocycles. The van der Waals surface area contributed by atoms with Crippen LogP contribution in [0.5, 0.6) is 0 Å². The van der Waals surface area contributed by atoms with E-state index in [0.717, 1.165) is 31.6 Å². The Labute approximate surface area is 121 Å². The van der Waals surface area contributed by atoms with E-state index in [4.69, 9.17) is 0 Å². The Morgan fingerprint density at radius 1 is 1.35 bits per heavy atom. The molecule has 112 valence electrons. The maximum absolute atomic E-state index is 11.2. The Balaban J connectivity index is 3.10. The van der Waals surface area contributed by atoms with Gasteiger partial charge in [0.25, 0.3) is 5.69 Å². The molecule has 0 atom stereocenters. The van der Waals surface area contributed by atoms with Gasteiger partial charge in [0, 0.05) is 25.2 Å². The predicted octanol–water partition coefficient (Wildman–Crippen LogP) is 3.65. The third-order valence-corrected chi connectivity index (χ3v) is 3.39. The fourth-order valence-electron chi connectivity index (χ4n) is 2.20. The van der Waals surface area contributed by atoms with Crippen LogP contribution in [0.4, 0.5) is 11.4 Å². The van der Waals surface area contributed by atoms with Crippen LogP contribution in [0.15, 0.2) is 18.2 Å². The molecule has 0 saturated carbocycles. The molecule has 0 unspecified atom stereocenters. The molecular weight excluding hydrogens is 254 g/mol. The van der Waals surface area contributed by atoms with Gasteiger partial charge >= 0.3 is 0 Å². The molecule has 0 aromatic heterocycles. The summed E-state index contributed by atoms with van der Waals surface area (Å²) < 4.78 is 0. The van der Waals surface area contributed by atoms with Gasteiger partial charge in [-0.25, -0.2) is 0 Å². The molecule has 0 saturated heterocycles. The highest BCUT2D eigenvalue weighted by molar-refractivity contribution is 5.66. The van der Waals surface area contributed by atoms with Crippen molar-refractivity contribution < 1.29 is 4.92 Å². The van der Waals surface area contributed by atoms with E-state index in [1.165, 1.54) is 0 Å². The lowest BCUT2D eigenvalue weighted by molar-refractivity contribution is -0.384. The van der Waals surface area contributed by atoms with E-state index in [2.05, 4.69) is 31.0 Å². The van der Waals surface area contributed by atoms with Crippen molar-refractivity contribution in [2.75, 3.05) is 18.4 Å². The first kappa shape index (κ1) is 16.4. The lowest BCUT2D eigenvalue weighted by atomic mass is 10.1. The first-order valence-electron chi connectivity index (χ1n) is 7.25. The van der Waals surface area contributed by atoms with Gasteiger partial charge in [0.05, 0.1) is 4.92 Å². The zero-order valence-electron chi connectivity index (χ0n) is 12.8. The molecule has 0 aliphatic heterocycles. The topological polar surface area (TPSA) is 58.4 Å². The Morgan fingerprint density at radius 3 is 2.55 bits per heavy atom. The molecule has 20 heavy (non-hydrogen) atoms. The molecule has 5 nitrogen and oxygen atoms in total. The number of para-hydroxylation sites is 1. The van der Waals surface area contributed by atoms with Crippen molar-refractivity contribution in [1.82, 2.24) is 4.90 Å². The van der Waals surface area contributed by atoms with Gasteiger partial charge in [-0.2, -0.15) is 0 Å². The third kappa shape index (κ3) is 4.20. The van der Waals surface area contributed by atoms with Crippen LogP contribution < -0.4 is 5.32 Å². The second-order valence-corrected chi connectivity index (χ2v) is 5.15. The van der Waals surface area contributed by atoms with Crippen molar-refractivity contribution in [3.05, 3.63) is 33.9 Å². The van der Waals surface area contributed by atoms with Crippen molar-refractivity contribution in [3.8, 4) is 0 Å². The number of benzene rings is 1. The van der Waals surface area contributed by atoms with Crippen LogP contribution in [0, 0.1) is 10.1 Å². The standard InChI is InChI=1S/C15H25N3O2/c1-5-10-16-15-13(11-17(6-2)12(3)4)8-7-9-14(15)18(19)20/h7-9,12,16H,5-6,10-11H2,1-4H3. The first-order valence-corrected chi connectivity index (χ1v) is 7.25. The summed E-state index contributed by atoms with van der Waals surface area (Å²) in [7, 11) is 0. The van der Waals surface area contributed by atoms with Crippen LogP contribution in [-0.2, 0) is 6.54 Å². The minimum atomic E-state index is -0.312. The van der Waals surface area contributed by atoms with Crippen LogP contribution in [0.3, 0.4) is 0 Å². The molecule has 0 bridgehead atoms. The number of nitro groups is 1. The van der Waals surface area contributed by atoms with Gasteiger partial charge in [-0.15, -0.1) is 0 Å².